The molecule has 0 aliphatic carbocycles. The number of sulfonamides is 1. The monoisotopic (exact) mass is 280 g/mol. The van der Waals surface area contributed by atoms with Crippen molar-refractivity contribution in [2.45, 2.75) is 18.7 Å². The van der Waals surface area contributed by atoms with E-state index in [1.165, 1.54) is 12.3 Å². The van der Waals surface area contributed by atoms with Gasteiger partial charge in [0, 0.05) is 6.54 Å². The molecule has 1 atom stereocenters. The van der Waals surface area contributed by atoms with Crippen molar-refractivity contribution in [2.24, 2.45) is 5.92 Å². The normalized spacial score (nSPS) is 13.3. The molecule has 0 amide bonds. The third kappa shape index (κ3) is 2.72. The van der Waals surface area contributed by atoms with Gasteiger partial charge in [-0.1, -0.05) is 5.16 Å². The van der Waals surface area contributed by atoms with Gasteiger partial charge >= 0.3 is 0 Å². The summed E-state index contributed by atoms with van der Waals surface area (Å²) >= 11 is 0. The van der Waals surface area contributed by atoms with Gasteiger partial charge in [0.15, 0.2) is 0 Å². The molecule has 1 N–H and O–H groups in total. The molecule has 2 aromatic rings. The Balaban J connectivity index is 2.32. The maximum atomic E-state index is 12.0. The summed E-state index contributed by atoms with van der Waals surface area (Å²) in [6.07, 6.45) is 1.20. The molecule has 2 aromatic heterocycles. The molecule has 0 bridgehead atoms. The molecule has 0 fully saturated rings. The van der Waals surface area contributed by atoms with E-state index in [1.54, 1.807) is 13.8 Å². The second-order valence-corrected chi connectivity index (χ2v) is 5.94. The van der Waals surface area contributed by atoms with E-state index in [0.717, 1.165) is 0 Å². The number of nitriles is 1. The first-order valence-corrected chi connectivity index (χ1v) is 7.03. The third-order valence-corrected chi connectivity index (χ3v) is 3.99. The molecule has 0 aromatic carbocycles. The number of nitrogens with zero attached hydrogens (tertiary/aromatic N) is 3. The molecule has 0 saturated heterocycles. The standard InChI is InChI=1S/C11H12N4O3S/c1-7(4-12)5-14-19(16,17)9-3-10-8(2)15-18-11(10)13-6-9/h3,6-7,14H,5H2,1-2H3. The van der Waals surface area contributed by atoms with Gasteiger partial charge in [0.25, 0.3) is 5.71 Å². The van der Waals surface area contributed by atoms with Crippen LogP contribution in [-0.2, 0) is 10.0 Å². The molecular formula is C11H12N4O3S. The van der Waals surface area contributed by atoms with Crippen molar-refractivity contribution in [3.05, 3.63) is 18.0 Å². The second-order valence-electron chi connectivity index (χ2n) is 4.17. The number of pyridine rings is 1. The van der Waals surface area contributed by atoms with Crippen molar-refractivity contribution in [2.75, 3.05) is 6.54 Å². The van der Waals surface area contributed by atoms with Gasteiger partial charge < -0.3 is 4.52 Å². The Morgan fingerprint density at radius 3 is 3.00 bits per heavy atom. The van der Waals surface area contributed by atoms with Crippen LogP contribution < -0.4 is 4.72 Å². The number of nitrogens with one attached hydrogen (secondary N) is 1. The maximum Gasteiger partial charge on any atom is 0.257 e. The van der Waals surface area contributed by atoms with E-state index in [2.05, 4.69) is 14.9 Å². The van der Waals surface area contributed by atoms with Crippen molar-refractivity contribution < 1.29 is 12.9 Å². The largest absolute Gasteiger partial charge is 0.336 e. The Morgan fingerprint density at radius 2 is 2.32 bits per heavy atom. The summed E-state index contributed by atoms with van der Waals surface area (Å²) in [4.78, 5) is 3.93. The van der Waals surface area contributed by atoms with Gasteiger partial charge in [-0.05, 0) is 19.9 Å². The van der Waals surface area contributed by atoms with E-state index in [1.807, 2.05) is 6.07 Å². The lowest BCUT2D eigenvalue weighted by molar-refractivity contribution is 0.442. The average molecular weight is 280 g/mol. The van der Waals surface area contributed by atoms with E-state index in [0.29, 0.717) is 16.8 Å². The van der Waals surface area contributed by atoms with Gasteiger partial charge in [0.1, 0.15) is 4.90 Å². The van der Waals surface area contributed by atoms with Crippen LogP contribution >= 0.6 is 0 Å². The topological polar surface area (TPSA) is 109 Å². The first kappa shape index (κ1) is 13.5. The summed E-state index contributed by atoms with van der Waals surface area (Å²) in [7, 11) is -3.68. The van der Waals surface area contributed by atoms with Crippen molar-refractivity contribution in [1.82, 2.24) is 14.9 Å². The summed E-state index contributed by atoms with van der Waals surface area (Å²) in [6, 6.07) is 3.41. The zero-order valence-corrected chi connectivity index (χ0v) is 11.2. The van der Waals surface area contributed by atoms with Crippen LogP contribution in [-0.4, -0.2) is 25.1 Å². The van der Waals surface area contributed by atoms with Crippen LogP contribution in [0.25, 0.3) is 11.1 Å². The first-order chi connectivity index (χ1) is 8.94. The van der Waals surface area contributed by atoms with Crippen LogP contribution in [0.15, 0.2) is 21.7 Å². The highest BCUT2D eigenvalue weighted by Crippen LogP contribution is 2.19. The van der Waals surface area contributed by atoms with E-state index in [4.69, 9.17) is 9.78 Å². The SMILES string of the molecule is Cc1noc2ncc(S(=O)(=O)NCC(C)C#N)cc12. The quantitative estimate of drug-likeness (QED) is 0.893. The zero-order chi connectivity index (χ0) is 14.0. The number of hydrogen-bond donors (Lipinski definition) is 1. The number of hydrogen-bond acceptors (Lipinski definition) is 6. The molecular weight excluding hydrogens is 268 g/mol. The Kier molecular flexibility index (Phi) is 3.50. The summed E-state index contributed by atoms with van der Waals surface area (Å²) in [5.41, 5.74) is 0.867. The molecule has 2 rings (SSSR count). The highest BCUT2D eigenvalue weighted by molar-refractivity contribution is 7.89. The molecule has 0 aliphatic heterocycles. The van der Waals surface area contributed by atoms with E-state index in [-0.39, 0.29) is 11.4 Å². The average Bonchev–Trinajstić information content (AvgIpc) is 2.77. The Morgan fingerprint density at radius 1 is 1.58 bits per heavy atom. The summed E-state index contributed by atoms with van der Waals surface area (Å²) in [5, 5.41) is 12.9. The molecule has 0 aliphatic rings. The smallest absolute Gasteiger partial charge is 0.257 e. The van der Waals surface area contributed by atoms with Crippen LogP contribution in [0.5, 0.6) is 0 Å². The van der Waals surface area contributed by atoms with E-state index >= 15 is 0 Å². The van der Waals surface area contributed by atoms with Gasteiger partial charge in [-0.15, -0.1) is 0 Å². The molecule has 8 heteroatoms. The minimum atomic E-state index is -3.68. The lowest BCUT2D eigenvalue weighted by Crippen LogP contribution is -2.28. The number of aromatic nitrogens is 2. The van der Waals surface area contributed by atoms with Gasteiger partial charge in [-0.2, -0.15) is 5.26 Å². The fourth-order valence-corrected chi connectivity index (χ4v) is 2.54. The number of fused-ring (bicyclic) bond motifs is 1. The Hall–Kier alpha value is -1.98. The van der Waals surface area contributed by atoms with Gasteiger partial charge in [0.05, 0.1) is 29.3 Å². The Bertz CT molecular complexity index is 745. The third-order valence-electron chi connectivity index (χ3n) is 2.60. The lowest BCUT2D eigenvalue weighted by atomic mass is 10.2. The van der Waals surface area contributed by atoms with Crippen molar-refractivity contribution in [3.8, 4) is 6.07 Å². The van der Waals surface area contributed by atoms with Crippen LogP contribution in [0.1, 0.15) is 12.6 Å². The molecule has 100 valence electrons. The van der Waals surface area contributed by atoms with Crippen LogP contribution in [0, 0.1) is 24.2 Å². The minimum Gasteiger partial charge on any atom is -0.336 e. The zero-order valence-electron chi connectivity index (χ0n) is 10.4. The van der Waals surface area contributed by atoms with Gasteiger partial charge in [-0.3, -0.25) is 0 Å². The minimum absolute atomic E-state index is 0.0245. The predicted molar refractivity (Wildman–Crippen MR) is 66.5 cm³/mol. The van der Waals surface area contributed by atoms with E-state index in [9.17, 15) is 8.42 Å². The summed E-state index contributed by atoms with van der Waals surface area (Å²) < 4.78 is 31.3. The molecule has 7 nitrogen and oxygen atoms in total. The highest BCUT2D eigenvalue weighted by atomic mass is 32.2. The fourth-order valence-electron chi connectivity index (χ4n) is 1.44. The highest BCUT2D eigenvalue weighted by Gasteiger charge is 2.18. The van der Waals surface area contributed by atoms with Gasteiger partial charge in [0.2, 0.25) is 10.0 Å². The van der Waals surface area contributed by atoms with Crippen LogP contribution in [0.2, 0.25) is 0 Å². The van der Waals surface area contributed by atoms with Crippen molar-refractivity contribution >= 4 is 21.1 Å². The van der Waals surface area contributed by atoms with Crippen LogP contribution in [0.3, 0.4) is 0 Å². The maximum absolute atomic E-state index is 12.0. The molecule has 0 spiro atoms. The summed E-state index contributed by atoms with van der Waals surface area (Å²) in [6.45, 7) is 3.39. The fraction of sp³-hybridized carbons (Fsp3) is 0.364. The lowest BCUT2D eigenvalue weighted by Gasteiger charge is -2.07. The molecule has 0 saturated carbocycles. The first-order valence-electron chi connectivity index (χ1n) is 5.55. The van der Waals surface area contributed by atoms with E-state index < -0.39 is 15.9 Å². The molecule has 1 unspecified atom stereocenters. The van der Waals surface area contributed by atoms with Crippen LogP contribution in [0.4, 0.5) is 0 Å². The predicted octanol–water partition coefficient (Wildman–Crippen LogP) is 0.969. The Labute approximate surface area is 110 Å². The molecule has 2 heterocycles. The number of rotatable bonds is 4. The van der Waals surface area contributed by atoms with Crippen molar-refractivity contribution in [3.63, 3.8) is 0 Å². The number of aryl methyl sites for hydroxylation is 1. The summed E-state index contributed by atoms with van der Waals surface area (Å²) in [5.74, 6) is -0.399. The molecule has 19 heavy (non-hydrogen) atoms. The molecule has 0 radical (unpaired) electrons. The van der Waals surface area contributed by atoms with Crippen molar-refractivity contribution in [1.29, 1.82) is 5.26 Å². The van der Waals surface area contributed by atoms with Gasteiger partial charge in [-0.25, -0.2) is 18.1 Å². The second kappa shape index (κ2) is 4.95.